The number of carbonyl (C=O) groups excluding carboxylic acids is 1. The van der Waals surface area contributed by atoms with Crippen LogP contribution in [0.15, 0.2) is 24.3 Å². The van der Waals surface area contributed by atoms with Crippen molar-refractivity contribution in [3.8, 4) is 5.69 Å². The third kappa shape index (κ3) is 3.61. The SMILES string of the molecule is CCS(=O)(=O)CCNC(=O)c1nn(-c2ccccc2C)c2c1CCC2. The molecule has 0 aliphatic heterocycles. The highest BCUT2D eigenvalue weighted by molar-refractivity contribution is 7.91. The van der Waals surface area contributed by atoms with Crippen LogP contribution in [0, 0.1) is 6.92 Å². The zero-order valence-corrected chi connectivity index (χ0v) is 15.4. The third-order valence-corrected chi connectivity index (χ3v) is 6.33. The van der Waals surface area contributed by atoms with Gasteiger partial charge in [-0.25, -0.2) is 13.1 Å². The van der Waals surface area contributed by atoms with Gasteiger partial charge >= 0.3 is 0 Å². The Kier molecular flexibility index (Phi) is 4.94. The molecule has 0 radical (unpaired) electrons. The minimum atomic E-state index is -3.09. The van der Waals surface area contributed by atoms with Gasteiger partial charge in [0.25, 0.3) is 5.91 Å². The average molecular weight is 361 g/mol. The molecule has 1 aromatic heterocycles. The maximum Gasteiger partial charge on any atom is 0.272 e. The van der Waals surface area contributed by atoms with Gasteiger partial charge in [-0.1, -0.05) is 25.1 Å². The van der Waals surface area contributed by atoms with Gasteiger partial charge in [-0.15, -0.1) is 0 Å². The van der Waals surface area contributed by atoms with Gasteiger partial charge < -0.3 is 5.32 Å². The number of sulfone groups is 1. The highest BCUT2D eigenvalue weighted by atomic mass is 32.2. The number of hydrogen-bond acceptors (Lipinski definition) is 4. The van der Waals surface area contributed by atoms with E-state index in [1.54, 1.807) is 6.92 Å². The number of rotatable bonds is 6. The smallest absolute Gasteiger partial charge is 0.272 e. The number of nitrogens with zero attached hydrogens (tertiary/aromatic N) is 2. The molecule has 0 atom stereocenters. The van der Waals surface area contributed by atoms with Gasteiger partial charge in [0.05, 0.1) is 11.4 Å². The van der Waals surface area contributed by atoms with Crippen LogP contribution in [-0.4, -0.2) is 42.2 Å². The Labute approximate surface area is 148 Å². The molecular weight excluding hydrogens is 338 g/mol. The van der Waals surface area contributed by atoms with E-state index in [2.05, 4.69) is 10.4 Å². The minimum Gasteiger partial charge on any atom is -0.350 e. The molecule has 7 heteroatoms. The minimum absolute atomic E-state index is 0.0457. The second-order valence-corrected chi connectivity index (χ2v) is 8.79. The second kappa shape index (κ2) is 7.00. The van der Waals surface area contributed by atoms with Gasteiger partial charge in [0, 0.05) is 23.6 Å². The second-order valence-electron chi connectivity index (χ2n) is 6.32. The van der Waals surface area contributed by atoms with Crippen molar-refractivity contribution in [3.63, 3.8) is 0 Å². The van der Waals surface area contributed by atoms with Crippen molar-refractivity contribution in [2.24, 2.45) is 0 Å². The van der Waals surface area contributed by atoms with Crippen molar-refractivity contribution in [2.75, 3.05) is 18.1 Å². The Balaban J connectivity index is 1.85. The van der Waals surface area contributed by atoms with E-state index in [0.29, 0.717) is 5.69 Å². The number of aromatic nitrogens is 2. The Bertz CT molecular complexity index is 900. The van der Waals surface area contributed by atoms with Crippen molar-refractivity contribution in [1.82, 2.24) is 15.1 Å². The largest absolute Gasteiger partial charge is 0.350 e. The summed E-state index contributed by atoms with van der Waals surface area (Å²) >= 11 is 0. The molecule has 25 heavy (non-hydrogen) atoms. The molecule has 3 rings (SSSR count). The Morgan fingerprint density at radius 3 is 2.76 bits per heavy atom. The summed E-state index contributed by atoms with van der Waals surface area (Å²) in [6.07, 6.45) is 2.73. The zero-order chi connectivity index (χ0) is 18.0. The topological polar surface area (TPSA) is 81.1 Å². The molecule has 0 bridgehead atoms. The van der Waals surface area contributed by atoms with Crippen LogP contribution in [0.2, 0.25) is 0 Å². The number of carbonyl (C=O) groups is 1. The van der Waals surface area contributed by atoms with E-state index >= 15 is 0 Å². The molecule has 0 fully saturated rings. The fourth-order valence-electron chi connectivity index (χ4n) is 3.17. The lowest BCUT2D eigenvalue weighted by atomic mass is 10.2. The monoisotopic (exact) mass is 361 g/mol. The first-order chi connectivity index (χ1) is 11.9. The van der Waals surface area contributed by atoms with Gasteiger partial charge in [0.15, 0.2) is 15.5 Å². The molecule has 1 heterocycles. The number of nitrogens with one attached hydrogen (secondary N) is 1. The van der Waals surface area contributed by atoms with Crippen LogP contribution in [0.1, 0.15) is 40.7 Å². The molecule has 1 amide bonds. The maximum absolute atomic E-state index is 12.5. The molecule has 0 unspecified atom stereocenters. The zero-order valence-electron chi connectivity index (χ0n) is 14.6. The van der Waals surface area contributed by atoms with Gasteiger partial charge in [-0.3, -0.25) is 4.79 Å². The summed E-state index contributed by atoms with van der Waals surface area (Å²) in [5, 5.41) is 7.26. The highest BCUT2D eigenvalue weighted by Crippen LogP contribution is 2.28. The predicted octanol–water partition coefficient (Wildman–Crippen LogP) is 1.83. The summed E-state index contributed by atoms with van der Waals surface area (Å²) in [6, 6.07) is 7.95. The van der Waals surface area contributed by atoms with Gasteiger partial charge in [-0.05, 0) is 37.8 Å². The van der Waals surface area contributed by atoms with Crippen molar-refractivity contribution in [2.45, 2.75) is 33.1 Å². The fraction of sp³-hybridized carbons (Fsp3) is 0.444. The van der Waals surface area contributed by atoms with Crippen molar-refractivity contribution in [3.05, 3.63) is 46.8 Å². The standard InChI is InChI=1S/C18H23N3O3S/c1-3-25(23,24)12-11-19-18(22)17-14-8-6-10-16(14)21(20-17)15-9-5-4-7-13(15)2/h4-5,7,9H,3,6,8,10-12H2,1-2H3,(H,19,22). The van der Waals surface area contributed by atoms with E-state index in [-0.39, 0.29) is 24.0 Å². The Morgan fingerprint density at radius 2 is 2.04 bits per heavy atom. The van der Waals surface area contributed by atoms with Gasteiger partial charge in [0.2, 0.25) is 0 Å². The number of aryl methyl sites for hydroxylation is 1. The Hall–Kier alpha value is -2.15. The molecule has 1 N–H and O–H groups in total. The molecule has 1 aliphatic carbocycles. The fourth-order valence-corrected chi connectivity index (χ4v) is 3.87. The first kappa shape index (κ1) is 17.7. The normalized spacial score (nSPS) is 13.7. The summed E-state index contributed by atoms with van der Waals surface area (Å²) < 4.78 is 25.0. The lowest BCUT2D eigenvalue weighted by molar-refractivity contribution is 0.0950. The molecule has 0 saturated carbocycles. The molecule has 134 valence electrons. The van der Waals surface area contributed by atoms with Crippen molar-refractivity contribution < 1.29 is 13.2 Å². The quantitative estimate of drug-likeness (QED) is 0.851. The molecule has 2 aromatic rings. The van der Waals surface area contributed by atoms with E-state index in [0.717, 1.165) is 41.8 Å². The van der Waals surface area contributed by atoms with E-state index in [9.17, 15) is 13.2 Å². The van der Waals surface area contributed by atoms with Crippen LogP contribution in [0.4, 0.5) is 0 Å². The van der Waals surface area contributed by atoms with Crippen LogP contribution in [0.3, 0.4) is 0 Å². The highest BCUT2D eigenvalue weighted by Gasteiger charge is 2.27. The van der Waals surface area contributed by atoms with E-state index in [1.807, 2.05) is 35.9 Å². The molecule has 0 saturated heterocycles. The lowest BCUT2D eigenvalue weighted by Crippen LogP contribution is -2.30. The number of para-hydroxylation sites is 1. The van der Waals surface area contributed by atoms with Gasteiger partial charge in [0.1, 0.15) is 0 Å². The Morgan fingerprint density at radius 1 is 1.28 bits per heavy atom. The molecular formula is C18H23N3O3S. The number of amides is 1. The predicted molar refractivity (Wildman–Crippen MR) is 97.0 cm³/mol. The van der Waals surface area contributed by atoms with Crippen LogP contribution >= 0.6 is 0 Å². The van der Waals surface area contributed by atoms with Crippen LogP contribution in [0.5, 0.6) is 0 Å². The van der Waals surface area contributed by atoms with Crippen LogP contribution in [0.25, 0.3) is 5.69 Å². The van der Waals surface area contributed by atoms with Crippen molar-refractivity contribution >= 4 is 15.7 Å². The number of fused-ring (bicyclic) bond motifs is 1. The van der Waals surface area contributed by atoms with Crippen LogP contribution in [-0.2, 0) is 22.7 Å². The van der Waals surface area contributed by atoms with Crippen LogP contribution < -0.4 is 5.32 Å². The van der Waals surface area contributed by atoms with Gasteiger partial charge in [-0.2, -0.15) is 5.10 Å². The maximum atomic E-state index is 12.5. The first-order valence-electron chi connectivity index (χ1n) is 8.58. The summed E-state index contributed by atoms with van der Waals surface area (Å²) in [5.41, 5.74) is 4.57. The summed E-state index contributed by atoms with van der Waals surface area (Å²) in [7, 11) is -3.09. The summed E-state index contributed by atoms with van der Waals surface area (Å²) in [5.74, 6) is -0.257. The van der Waals surface area contributed by atoms with Crippen molar-refractivity contribution in [1.29, 1.82) is 0 Å². The van der Waals surface area contributed by atoms with E-state index in [4.69, 9.17) is 0 Å². The molecule has 1 aliphatic rings. The van der Waals surface area contributed by atoms with E-state index < -0.39 is 9.84 Å². The molecule has 6 nitrogen and oxygen atoms in total. The average Bonchev–Trinajstić information content (AvgIpc) is 3.17. The first-order valence-corrected chi connectivity index (χ1v) is 10.4. The summed E-state index contributed by atoms with van der Waals surface area (Å²) in [4.78, 5) is 12.5. The van der Waals surface area contributed by atoms with E-state index in [1.165, 1.54) is 0 Å². The summed E-state index contributed by atoms with van der Waals surface area (Å²) in [6.45, 7) is 3.74. The molecule has 1 aromatic carbocycles. The number of hydrogen-bond donors (Lipinski definition) is 1. The molecule has 0 spiro atoms. The lowest BCUT2D eigenvalue weighted by Gasteiger charge is -2.08. The third-order valence-electron chi connectivity index (χ3n) is 4.63. The number of benzene rings is 1.